The highest BCUT2D eigenvalue weighted by Gasteiger charge is 2.21. The molecule has 1 saturated heterocycles. The second-order valence-corrected chi connectivity index (χ2v) is 5.52. The molecule has 1 heterocycles. The first-order chi connectivity index (χ1) is 8.45. The summed E-state index contributed by atoms with van der Waals surface area (Å²) in [5.74, 6) is 6.46. The molecule has 1 atom stereocenters. The third-order valence-electron chi connectivity index (χ3n) is 3.65. The van der Waals surface area contributed by atoms with Crippen molar-refractivity contribution in [1.82, 2.24) is 9.91 Å². The zero-order valence-corrected chi connectivity index (χ0v) is 11.7. The fraction of sp³-hybridized carbons (Fsp3) is 0.769. The van der Waals surface area contributed by atoms with Gasteiger partial charge in [0.1, 0.15) is 12.3 Å². The van der Waals surface area contributed by atoms with E-state index in [9.17, 15) is 4.79 Å². The van der Waals surface area contributed by atoms with Crippen molar-refractivity contribution in [3.05, 3.63) is 11.9 Å². The predicted octanol–water partition coefficient (Wildman–Crippen LogP) is 0.528. The lowest BCUT2D eigenvalue weighted by atomic mass is 9.94. The molecule has 18 heavy (non-hydrogen) atoms. The summed E-state index contributed by atoms with van der Waals surface area (Å²) in [6, 6.07) is -0.310. The van der Waals surface area contributed by atoms with Crippen LogP contribution in [0.25, 0.3) is 0 Å². The van der Waals surface area contributed by atoms with Gasteiger partial charge in [0.05, 0.1) is 0 Å². The van der Waals surface area contributed by atoms with Gasteiger partial charge in [0.25, 0.3) is 0 Å². The van der Waals surface area contributed by atoms with Crippen molar-refractivity contribution in [3.63, 3.8) is 0 Å². The van der Waals surface area contributed by atoms with E-state index in [0.29, 0.717) is 5.92 Å². The molecule has 5 nitrogen and oxygen atoms in total. The molecular weight excluding hydrogens is 228 g/mol. The lowest BCUT2D eigenvalue weighted by Gasteiger charge is -2.31. The van der Waals surface area contributed by atoms with E-state index in [-0.39, 0.29) is 12.0 Å². The van der Waals surface area contributed by atoms with Gasteiger partial charge in [-0.25, -0.2) is 5.84 Å². The van der Waals surface area contributed by atoms with Crippen LogP contribution >= 0.6 is 0 Å². The van der Waals surface area contributed by atoms with Crippen LogP contribution < -0.4 is 11.6 Å². The molecule has 0 radical (unpaired) electrons. The highest BCUT2D eigenvalue weighted by Crippen LogP contribution is 2.21. The van der Waals surface area contributed by atoms with Crippen molar-refractivity contribution < 1.29 is 4.79 Å². The van der Waals surface area contributed by atoms with E-state index in [0.717, 1.165) is 37.9 Å². The summed E-state index contributed by atoms with van der Waals surface area (Å²) in [6.07, 6.45) is 4.72. The summed E-state index contributed by atoms with van der Waals surface area (Å²) in [5, 5.41) is 1.45. The number of carbonyl (C=O) groups excluding carboxylic acids is 1. The number of nitrogens with zero attached hydrogens (tertiary/aromatic N) is 2. The number of aldehydes is 1. The maximum atomic E-state index is 11.0. The van der Waals surface area contributed by atoms with Crippen molar-refractivity contribution in [2.75, 3.05) is 20.1 Å². The van der Waals surface area contributed by atoms with Crippen LogP contribution in [0, 0.1) is 11.8 Å². The first kappa shape index (κ1) is 15.0. The number of hydrogen-bond acceptors (Lipinski definition) is 5. The summed E-state index contributed by atoms with van der Waals surface area (Å²) in [7, 11) is 2.12. The number of likely N-dealkylation sites (tertiary alicyclic amines) is 1. The molecule has 0 aromatic carbocycles. The predicted molar refractivity (Wildman–Crippen MR) is 73.2 cm³/mol. The topological polar surface area (TPSA) is 75.6 Å². The van der Waals surface area contributed by atoms with Gasteiger partial charge in [-0.3, -0.25) is 0 Å². The van der Waals surface area contributed by atoms with Gasteiger partial charge in [0, 0.05) is 17.8 Å². The average molecular weight is 254 g/mol. The first-order valence-electron chi connectivity index (χ1n) is 6.59. The molecule has 0 aromatic heterocycles. The van der Waals surface area contributed by atoms with E-state index >= 15 is 0 Å². The van der Waals surface area contributed by atoms with Crippen molar-refractivity contribution in [3.8, 4) is 0 Å². The molecular formula is C13H26N4O. The molecule has 0 bridgehead atoms. The van der Waals surface area contributed by atoms with E-state index in [1.807, 2.05) is 13.8 Å². The summed E-state index contributed by atoms with van der Waals surface area (Å²) in [4.78, 5) is 13.3. The Balaban J connectivity index is 2.61. The highest BCUT2D eigenvalue weighted by atomic mass is 16.1. The van der Waals surface area contributed by atoms with Gasteiger partial charge < -0.3 is 20.4 Å². The SMILES string of the molecule is CC(C)C(C=O)N(N)/C=C(\N)C1CCN(C)CC1. The number of allylic oxidation sites excluding steroid dienone is 1. The molecule has 0 spiro atoms. The number of nitrogens with two attached hydrogens (primary N) is 2. The second kappa shape index (κ2) is 6.75. The number of rotatable bonds is 5. The molecule has 5 heteroatoms. The van der Waals surface area contributed by atoms with Crippen LogP contribution in [0.5, 0.6) is 0 Å². The maximum absolute atomic E-state index is 11.0. The molecule has 0 amide bonds. The quantitative estimate of drug-likeness (QED) is 0.425. The molecule has 104 valence electrons. The Morgan fingerprint density at radius 2 is 1.94 bits per heavy atom. The Morgan fingerprint density at radius 3 is 2.39 bits per heavy atom. The van der Waals surface area contributed by atoms with Crippen LogP contribution in [-0.2, 0) is 4.79 Å². The molecule has 0 aliphatic carbocycles. The van der Waals surface area contributed by atoms with E-state index in [1.165, 1.54) is 5.01 Å². The monoisotopic (exact) mass is 254 g/mol. The summed E-state index contributed by atoms with van der Waals surface area (Å²) in [6.45, 7) is 6.06. The Hall–Kier alpha value is -1.07. The van der Waals surface area contributed by atoms with Crippen LogP contribution in [0.1, 0.15) is 26.7 Å². The van der Waals surface area contributed by atoms with E-state index in [2.05, 4.69) is 11.9 Å². The third kappa shape index (κ3) is 3.99. The van der Waals surface area contributed by atoms with E-state index in [4.69, 9.17) is 11.6 Å². The molecule has 1 rings (SSSR count). The van der Waals surface area contributed by atoms with E-state index in [1.54, 1.807) is 6.20 Å². The fourth-order valence-electron chi connectivity index (χ4n) is 2.28. The van der Waals surface area contributed by atoms with Crippen LogP contribution in [0.4, 0.5) is 0 Å². The number of hydrogen-bond donors (Lipinski definition) is 2. The molecule has 1 aliphatic rings. The standard InChI is InChI=1S/C13H26N4O/c1-10(2)13(9-18)17(15)8-12(14)11-4-6-16(3)7-5-11/h8-11,13H,4-7,14-15H2,1-3H3/b12-8-. The number of piperidine rings is 1. The molecule has 4 N–H and O–H groups in total. The normalized spacial score (nSPS) is 21.1. The first-order valence-corrected chi connectivity index (χ1v) is 6.59. The number of carbonyl (C=O) groups is 1. The van der Waals surface area contributed by atoms with Crippen LogP contribution in [-0.4, -0.2) is 42.4 Å². The smallest absolute Gasteiger partial charge is 0.144 e. The summed E-state index contributed by atoms with van der Waals surface area (Å²) >= 11 is 0. The van der Waals surface area contributed by atoms with Crippen LogP contribution in [0.3, 0.4) is 0 Å². The molecule has 1 aliphatic heterocycles. The Labute approximate surface area is 110 Å². The van der Waals surface area contributed by atoms with Crippen molar-refractivity contribution in [1.29, 1.82) is 0 Å². The zero-order valence-electron chi connectivity index (χ0n) is 11.7. The summed E-state index contributed by atoms with van der Waals surface area (Å²) < 4.78 is 0. The second-order valence-electron chi connectivity index (χ2n) is 5.52. The zero-order chi connectivity index (χ0) is 13.7. The van der Waals surface area contributed by atoms with Crippen LogP contribution in [0.15, 0.2) is 11.9 Å². The fourth-order valence-corrected chi connectivity index (χ4v) is 2.28. The van der Waals surface area contributed by atoms with Gasteiger partial charge in [-0.15, -0.1) is 0 Å². The largest absolute Gasteiger partial charge is 0.401 e. The minimum absolute atomic E-state index is 0.175. The Morgan fingerprint density at radius 1 is 1.39 bits per heavy atom. The van der Waals surface area contributed by atoms with Gasteiger partial charge in [-0.1, -0.05) is 13.8 Å². The third-order valence-corrected chi connectivity index (χ3v) is 3.65. The van der Waals surface area contributed by atoms with Gasteiger partial charge in [0.15, 0.2) is 0 Å². The highest BCUT2D eigenvalue weighted by molar-refractivity contribution is 5.58. The summed E-state index contributed by atoms with van der Waals surface area (Å²) in [5.41, 5.74) is 6.88. The van der Waals surface area contributed by atoms with Crippen molar-refractivity contribution in [2.24, 2.45) is 23.4 Å². The molecule has 1 fully saturated rings. The molecule has 0 aromatic rings. The van der Waals surface area contributed by atoms with Gasteiger partial charge in [-0.2, -0.15) is 0 Å². The molecule has 0 saturated carbocycles. The minimum atomic E-state index is -0.310. The Kier molecular flexibility index (Phi) is 5.62. The maximum Gasteiger partial charge on any atom is 0.144 e. The van der Waals surface area contributed by atoms with Gasteiger partial charge in [0.2, 0.25) is 0 Å². The van der Waals surface area contributed by atoms with Crippen molar-refractivity contribution >= 4 is 6.29 Å². The molecule has 1 unspecified atom stereocenters. The van der Waals surface area contributed by atoms with Gasteiger partial charge >= 0.3 is 0 Å². The van der Waals surface area contributed by atoms with E-state index < -0.39 is 0 Å². The Bertz CT molecular complexity index is 295. The van der Waals surface area contributed by atoms with Gasteiger partial charge in [-0.05, 0) is 38.9 Å². The lowest BCUT2D eigenvalue weighted by molar-refractivity contribution is -0.112. The van der Waals surface area contributed by atoms with Crippen LogP contribution in [0.2, 0.25) is 0 Å². The lowest BCUT2D eigenvalue weighted by Crippen LogP contribution is -2.42. The average Bonchev–Trinajstić information content (AvgIpc) is 2.29. The van der Waals surface area contributed by atoms with Crippen molar-refractivity contribution in [2.45, 2.75) is 32.7 Å². The number of hydrazine groups is 1. The minimum Gasteiger partial charge on any atom is -0.401 e.